The lowest BCUT2D eigenvalue weighted by Gasteiger charge is -2.71. The normalized spacial score (nSPS) is 56.2. The third-order valence-electron chi connectivity index (χ3n) is 15.1. The third kappa shape index (κ3) is 4.52. The molecule has 0 bridgehead atoms. The van der Waals surface area contributed by atoms with Gasteiger partial charge in [0.1, 0.15) is 18.3 Å². The van der Waals surface area contributed by atoms with Gasteiger partial charge in [-0.25, -0.2) is 0 Å². The molecule has 10 nitrogen and oxygen atoms in total. The van der Waals surface area contributed by atoms with Crippen molar-refractivity contribution in [2.24, 2.45) is 50.2 Å². The van der Waals surface area contributed by atoms with Crippen molar-refractivity contribution < 1.29 is 50.0 Å². The van der Waals surface area contributed by atoms with Gasteiger partial charge in [0.05, 0.1) is 30.8 Å². The molecule has 0 aromatic carbocycles. The number of carboxylic acids is 1. The molecule has 5 fully saturated rings. The molecule has 5 aliphatic carbocycles. The van der Waals surface area contributed by atoms with E-state index < -0.39 is 53.6 Å². The molecule has 15 unspecified atom stereocenters. The molecule has 0 aromatic rings. The number of carbonyl (C=O) groups is 1. The van der Waals surface area contributed by atoms with E-state index >= 15 is 0 Å². The Bertz CT molecular complexity index is 1210. The van der Waals surface area contributed by atoms with Crippen LogP contribution >= 0.6 is 0 Å². The van der Waals surface area contributed by atoms with Crippen LogP contribution in [0.15, 0.2) is 11.6 Å². The maximum atomic E-state index is 13.0. The minimum Gasteiger partial charge on any atom is -0.481 e. The van der Waals surface area contributed by atoms with Gasteiger partial charge in [-0.3, -0.25) is 4.79 Å². The van der Waals surface area contributed by atoms with E-state index in [9.17, 15) is 40.5 Å². The number of hydrogen-bond donors (Lipinski definition) is 7. The molecule has 4 saturated carbocycles. The molecule has 1 saturated heterocycles. The SMILES string of the molecule is CC1(CO)CCC2(C(=O)O)CCC3(C)C(=CCC4C5(C)CC(O)C(OC6OCC(O)C(O)C6O)C(C)(CO)C5CCC43C)C2C1. The second-order valence-electron chi connectivity index (χ2n) is 17.2. The molecule has 0 spiro atoms. The van der Waals surface area contributed by atoms with E-state index in [2.05, 4.69) is 33.8 Å². The van der Waals surface area contributed by atoms with E-state index in [0.29, 0.717) is 32.1 Å². The van der Waals surface area contributed by atoms with Crippen LogP contribution in [0.5, 0.6) is 0 Å². The lowest BCUT2D eigenvalue weighted by Crippen LogP contribution is -2.69. The lowest BCUT2D eigenvalue weighted by atomic mass is 9.33. The number of aliphatic carboxylic acids is 1. The van der Waals surface area contributed by atoms with Crippen molar-refractivity contribution in [2.45, 2.75) is 129 Å². The molecule has 7 N–H and O–H groups in total. The molecule has 0 radical (unpaired) electrons. The maximum absolute atomic E-state index is 13.0. The first-order valence-electron chi connectivity index (χ1n) is 17.1. The highest BCUT2D eigenvalue weighted by Gasteiger charge is 2.71. The number of rotatable bonds is 5. The highest BCUT2D eigenvalue weighted by molar-refractivity contribution is 5.76. The van der Waals surface area contributed by atoms with Crippen molar-refractivity contribution in [1.29, 1.82) is 0 Å². The zero-order valence-corrected chi connectivity index (χ0v) is 27.6. The second-order valence-corrected chi connectivity index (χ2v) is 17.2. The van der Waals surface area contributed by atoms with Gasteiger partial charge in [-0.1, -0.05) is 46.3 Å². The van der Waals surface area contributed by atoms with E-state index in [0.717, 1.165) is 25.7 Å². The minimum atomic E-state index is -1.49. The van der Waals surface area contributed by atoms with Crippen LogP contribution in [0.25, 0.3) is 0 Å². The summed E-state index contributed by atoms with van der Waals surface area (Å²) in [5, 5.41) is 74.5. The Kier molecular flexibility index (Phi) is 8.22. The quantitative estimate of drug-likeness (QED) is 0.175. The first kappa shape index (κ1) is 33.8. The number of carboxylic acid groups (broad SMARTS) is 1. The van der Waals surface area contributed by atoms with Crippen molar-refractivity contribution >= 4 is 5.97 Å². The molecule has 6 aliphatic rings. The Labute approximate surface area is 266 Å². The number of fused-ring (bicyclic) bond motifs is 7. The van der Waals surface area contributed by atoms with E-state index in [4.69, 9.17) is 9.47 Å². The molecular formula is C35H56O10. The van der Waals surface area contributed by atoms with Crippen LogP contribution in [-0.2, 0) is 14.3 Å². The summed E-state index contributed by atoms with van der Waals surface area (Å²) in [6, 6.07) is 0. The van der Waals surface area contributed by atoms with Crippen LogP contribution in [0, 0.1) is 50.2 Å². The van der Waals surface area contributed by atoms with Gasteiger partial charge >= 0.3 is 5.97 Å². The zero-order valence-electron chi connectivity index (χ0n) is 27.6. The zero-order chi connectivity index (χ0) is 33.0. The average Bonchev–Trinajstić information content (AvgIpc) is 2.99. The van der Waals surface area contributed by atoms with Crippen molar-refractivity contribution in [3.05, 3.63) is 11.6 Å². The largest absolute Gasteiger partial charge is 0.481 e. The maximum Gasteiger partial charge on any atom is 0.310 e. The Hall–Kier alpha value is -1.11. The fourth-order valence-corrected chi connectivity index (χ4v) is 12.1. The van der Waals surface area contributed by atoms with Gasteiger partial charge in [-0.15, -0.1) is 0 Å². The Morgan fingerprint density at radius 3 is 2.22 bits per heavy atom. The van der Waals surface area contributed by atoms with E-state index in [1.807, 2.05) is 6.92 Å². The lowest BCUT2D eigenvalue weighted by molar-refractivity contribution is -0.328. The van der Waals surface area contributed by atoms with Gasteiger partial charge in [0.2, 0.25) is 0 Å². The fourth-order valence-electron chi connectivity index (χ4n) is 12.1. The van der Waals surface area contributed by atoms with Crippen molar-refractivity contribution in [1.82, 2.24) is 0 Å². The fraction of sp³-hybridized carbons (Fsp3) is 0.914. The summed E-state index contributed by atoms with van der Waals surface area (Å²) < 4.78 is 11.8. The first-order chi connectivity index (χ1) is 21.0. The Morgan fingerprint density at radius 1 is 0.889 bits per heavy atom. The molecule has 0 aromatic heterocycles. The van der Waals surface area contributed by atoms with E-state index in [-0.39, 0.29) is 59.2 Å². The van der Waals surface area contributed by atoms with Crippen LogP contribution in [-0.4, -0.2) is 98.3 Å². The predicted octanol–water partition coefficient (Wildman–Crippen LogP) is 2.61. The summed E-state index contributed by atoms with van der Waals surface area (Å²) >= 11 is 0. The molecule has 15 atom stereocenters. The van der Waals surface area contributed by atoms with Crippen molar-refractivity contribution in [2.75, 3.05) is 19.8 Å². The minimum absolute atomic E-state index is 0.0228. The monoisotopic (exact) mass is 636 g/mol. The number of ether oxygens (including phenoxy) is 2. The first-order valence-corrected chi connectivity index (χ1v) is 17.1. The number of hydrogen-bond acceptors (Lipinski definition) is 9. The van der Waals surface area contributed by atoms with Gasteiger partial charge < -0.3 is 45.2 Å². The molecular weight excluding hydrogens is 580 g/mol. The van der Waals surface area contributed by atoms with Gasteiger partial charge in [0.15, 0.2) is 6.29 Å². The van der Waals surface area contributed by atoms with Crippen molar-refractivity contribution in [3.8, 4) is 0 Å². The van der Waals surface area contributed by atoms with E-state index in [1.165, 1.54) is 5.57 Å². The van der Waals surface area contributed by atoms with Gasteiger partial charge in [-0.2, -0.15) is 0 Å². The molecule has 10 heteroatoms. The summed E-state index contributed by atoms with van der Waals surface area (Å²) in [5.74, 6) is -0.702. The molecule has 1 aliphatic heterocycles. The van der Waals surface area contributed by atoms with Gasteiger partial charge in [0.25, 0.3) is 0 Å². The highest BCUT2D eigenvalue weighted by Crippen LogP contribution is 2.76. The van der Waals surface area contributed by atoms with Crippen LogP contribution in [0.4, 0.5) is 0 Å². The van der Waals surface area contributed by atoms with Crippen molar-refractivity contribution in [3.63, 3.8) is 0 Å². The molecule has 45 heavy (non-hydrogen) atoms. The van der Waals surface area contributed by atoms with Gasteiger partial charge in [-0.05, 0) is 97.2 Å². The average molecular weight is 637 g/mol. The van der Waals surface area contributed by atoms with Crippen LogP contribution in [0.3, 0.4) is 0 Å². The number of allylic oxidation sites excluding steroid dienone is 2. The van der Waals surface area contributed by atoms with Crippen LogP contribution in [0.2, 0.25) is 0 Å². The van der Waals surface area contributed by atoms with Crippen LogP contribution < -0.4 is 0 Å². The topological polar surface area (TPSA) is 177 Å². The van der Waals surface area contributed by atoms with E-state index in [1.54, 1.807) is 0 Å². The molecule has 1 heterocycles. The summed E-state index contributed by atoms with van der Waals surface area (Å²) in [5.41, 5.74) is -1.52. The smallest absolute Gasteiger partial charge is 0.310 e. The van der Waals surface area contributed by atoms with Crippen LogP contribution in [0.1, 0.15) is 92.4 Å². The Balaban J connectivity index is 1.35. The molecule has 256 valence electrons. The molecule has 6 rings (SSSR count). The van der Waals surface area contributed by atoms with Gasteiger partial charge in [0, 0.05) is 12.0 Å². The summed E-state index contributed by atoms with van der Waals surface area (Å²) in [6.07, 6.45) is 1.26. The predicted molar refractivity (Wildman–Crippen MR) is 164 cm³/mol. The third-order valence-corrected chi connectivity index (χ3v) is 15.1. The second kappa shape index (κ2) is 11.0. The highest BCUT2D eigenvalue weighted by atomic mass is 16.7. The number of aliphatic hydroxyl groups excluding tert-OH is 6. The summed E-state index contributed by atoms with van der Waals surface area (Å²) in [4.78, 5) is 13.0. The summed E-state index contributed by atoms with van der Waals surface area (Å²) in [7, 11) is 0. The number of aliphatic hydroxyl groups is 6. The standard InChI is InChI=1S/C35H56O10/c1-30(17-36)10-12-35(29(42)43)13-11-33(4)19(20(35)14-30)6-7-24-31(2)15-21(38)27(45-28-26(41)25(40)22(39)16-44-28)32(3,18-37)23(31)8-9-34(24,33)5/h6,20-28,36-41H,7-18H2,1-5H3,(H,42,43). The molecule has 0 amide bonds. The summed E-state index contributed by atoms with van der Waals surface area (Å²) in [6.45, 7) is 10.6. The Morgan fingerprint density at radius 2 is 1.58 bits per heavy atom.